The predicted octanol–water partition coefficient (Wildman–Crippen LogP) is -1.64. The Kier molecular flexibility index (Phi) is 4.63. The molecule has 1 aromatic rings. The smallest absolute Gasteiger partial charge is 0.289 e. The van der Waals surface area contributed by atoms with E-state index >= 15 is 0 Å². The Balaban J connectivity index is 1.60. The van der Waals surface area contributed by atoms with Gasteiger partial charge >= 0.3 is 0 Å². The molecule has 120 valence electrons. The van der Waals surface area contributed by atoms with E-state index in [-0.39, 0.29) is 12.4 Å². The molecule has 2 aliphatic rings. The molecular formula is C14H20N4O4. The van der Waals surface area contributed by atoms with Crippen LogP contribution in [0.25, 0.3) is 0 Å². The zero-order valence-electron chi connectivity index (χ0n) is 12.2. The summed E-state index contributed by atoms with van der Waals surface area (Å²) in [4.78, 5) is 20.5. The highest BCUT2D eigenvalue weighted by molar-refractivity contribution is 5.90. The van der Waals surface area contributed by atoms with E-state index < -0.39 is 24.2 Å². The third kappa shape index (κ3) is 3.25. The second-order valence-corrected chi connectivity index (χ2v) is 5.56. The number of hydrogen-bond donors (Lipinski definition) is 4. The third-order valence-corrected chi connectivity index (χ3v) is 4.00. The second kappa shape index (κ2) is 6.66. The van der Waals surface area contributed by atoms with Gasteiger partial charge in [-0.2, -0.15) is 0 Å². The van der Waals surface area contributed by atoms with Gasteiger partial charge in [0.05, 0.1) is 11.8 Å². The van der Waals surface area contributed by atoms with Crippen LogP contribution < -0.4 is 10.6 Å². The quantitative estimate of drug-likeness (QED) is 0.529. The van der Waals surface area contributed by atoms with Crippen LogP contribution in [-0.2, 0) is 17.7 Å². The molecule has 3 atom stereocenters. The Bertz CT molecular complexity index is 554. The van der Waals surface area contributed by atoms with E-state index in [9.17, 15) is 15.0 Å². The lowest BCUT2D eigenvalue weighted by Crippen LogP contribution is -2.50. The first-order chi connectivity index (χ1) is 10.6. The van der Waals surface area contributed by atoms with E-state index in [1.807, 2.05) is 0 Å². The van der Waals surface area contributed by atoms with Crippen molar-refractivity contribution in [1.29, 1.82) is 0 Å². The van der Waals surface area contributed by atoms with Gasteiger partial charge in [-0.05, 0) is 6.42 Å². The van der Waals surface area contributed by atoms with Crippen LogP contribution in [0.2, 0.25) is 0 Å². The number of nitrogens with one attached hydrogen (secondary N) is 2. The van der Waals surface area contributed by atoms with Crippen LogP contribution in [0.5, 0.6) is 0 Å². The average molecular weight is 308 g/mol. The summed E-state index contributed by atoms with van der Waals surface area (Å²) in [6.07, 6.45) is 0.406. The van der Waals surface area contributed by atoms with Crippen LogP contribution in [0.15, 0.2) is 6.20 Å². The normalized spacial score (nSPS) is 28.0. The van der Waals surface area contributed by atoms with Gasteiger partial charge in [0.1, 0.15) is 12.2 Å². The summed E-state index contributed by atoms with van der Waals surface area (Å²) in [6.45, 7) is 2.03. The number of aliphatic hydroxyl groups excluding tert-OH is 2. The number of fused-ring (bicyclic) bond motifs is 1. The molecule has 0 aromatic carbocycles. The fourth-order valence-electron chi connectivity index (χ4n) is 2.65. The fraction of sp³-hybridized carbons (Fsp3) is 0.643. The Morgan fingerprint density at radius 2 is 2.36 bits per heavy atom. The van der Waals surface area contributed by atoms with Crippen molar-refractivity contribution in [2.24, 2.45) is 0 Å². The molecule has 0 bridgehead atoms. The lowest BCUT2D eigenvalue weighted by Gasteiger charge is -2.31. The van der Waals surface area contributed by atoms with Gasteiger partial charge in [0, 0.05) is 44.4 Å². The van der Waals surface area contributed by atoms with Crippen molar-refractivity contribution in [3.8, 4) is 0 Å². The molecule has 3 unspecified atom stereocenters. The number of nitrogens with zero attached hydrogens (tertiary/aromatic N) is 2. The van der Waals surface area contributed by atoms with Crippen LogP contribution >= 0.6 is 0 Å². The molecule has 0 aliphatic carbocycles. The van der Waals surface area contributed by atoms with Crippen molar-refractivity contribution >= 4 is 5.91 Å². The maximum absolute atomic E-state index is 12.1. The molecule has 2 aliphatic heterocycles. The van der Waals surface area contributed by atoms with Gasteiger partial charge in [-0.25, -0.2) is 9.97 Å². The molecule has 1 saturated heterocycles. The van der Waals surface area contributed by atoms with Gasteiger partial charge in [0.15, 0.2) is 0 Å². The number of amides is 1. The van der Waals surface area contributed by atoms with Crippen molar-refractivity contribution in [3.05, 3.63) is 23.3 Å². The standard InChI is InChI=1S/C14H20N4O4/c19-10-2-4-22-11(12(10)20)7-17-14(21)13-16-6-8-5-15-3-1-9(8)18-13/h6,10-12,15,19-20H,1-5,7H2,(H,17,21). The molecule has 3 rings (SSSR count). The van der Waals surface area contributed by atoms with Crippen molar-refractivity contribution in [3.63, 3.8) is 0 Å². The number of aromatic nitrogens is 2. The first kappa shape index (κ1) is 15.3. The highest BCUT2D eigenvalue weighted by atomic mass is 16.5. The van der Waals surface area contributed by atoms with Gasteiger partial charge in [-0.3, -0.25) is 4.79 Å². The van der Waals surface area contributed by atoms with E-state index in [0.29, 0.717) is 13.0 Å². The largest absolute Gasteiger partial charge is 0.390 e. The van der Waals surface area contributed by atoms with Gasteiger partial charge < -0.3 is 25.6 Å². The Morgan fingerprint density at radius 3 is 3.23 bits per heavy atom. The lowest BCUT2D eigenvalue weighted by atomic mass is 10.0. The second-order valence-electron chi connectivity index (χ2n) is 5.56. The molecule has 0 saturated carbocycles. The van der Waals surface area contributed by atoms with Crippen molar-refractivity contribution in [2.45, 2.75) is 37.7 Å². The summed E-state index contributed by atoms with van der Waals surface area (Å²) in [7, 11) is 0. The van der Waals surface area contributed by atoms with Crippen LogP contribution in [0.1, 0.15) is 28.3 Å². The van der Waals surface area contributed by atoms with Crippen molar-refractivity contribution in [2.75, 3.05) is 19.7 Å². The zero-order chi connectivity index (χ0) is 15.5. The molecule has 3 heterocycles. The van der Waals surface area contributed by atoms with Crippen LogP contribution in [0.4, 0.5) is 0 Å². The minimum Gasteiger partial charge on any atom is -0.390 e. The Hall–Kier alpha value is -1.61. The van der Waals surface area contributed by atoms with Gasteiger partial charge in [-0.1, -0.05) is 0 Å². The van der Waals surface area contributed by atoms with E-state index in [1.54, 1.807) is 6.20 Å². The summed E-state index contributed by atoms with van der Waals surface area (Å²) in [5, 5.41) is 25.3. The topological polar surface area (TPSA) is 117 Å². The zero-order valence-corrected chi connectivity index (χ0v) is 12.2. The maximum atomic E-state index is 12.1. The number of carbonyl (C=O) groups excluding carboxylic acids is 1. The molecule has 0 radical (unpaired) electrons. The SMILES string of the molecule is O=C(NCC1OCCC(O)C1O)c1ncc2c(n1)CCNC2. The molecular weight excluding hydrogens is 288 g/mol. The molecule has 0 spiro atoms. The number of rotatable bonds is 3. The number of carbonyl (C=O) groups is 1. The molecule has 1 fully saturated rings. The van der Waals surface area contributed by atoms with Gasteiger partial charge in [0.25, 0.3) is 5.91 Å². The first-order valence-corrected chi connectivity index (χ1v) is 7.46. The minimum atomic E-state index is -0.996. The van der Waals surface area contributed by atoms with Crippen LogP contribution in [0.3, 0.4) is 0 Å². The summed E-state index contributed by atoms with van der Waals surface area (Å²) in [5.41, 5.74) is 1.90. The Labute approximate surface area is 127 Å². The van der Waals surface area contributed by atoms with Crippen LogP contribution in [0, 0.1) is 0 Å². The number of hydrogen-bond acceptors (Lipinski definition) is 7. The molecule has 22 heavy (non-hydrogen) atoms. The Morgan fingerprint density at radius 1 is 1.50 bits per heavy atom. The van der Waals surface area contributed by atoms with E-state index in [0.717, 1.165) is 30.8 Å². The summed E-state index contributed by atoms with van der Waals surface area (Å²) in [5.74, 6) is -0.288. The molecule has 8 heteroatoms. The fourth-order valence-corrected chi connectivity index (χ4v) is 2.65. The molecule has 4 N–H and O–H groups in total. The van der Waals surface area contributed by atoms with Crippen LogP contribution in [-0.4, -0.2) is 64.1 Å². The average Bonchev–Trinajstić information content (AvgIpc) is 2.55. The van der Waals surface area contributed by atoms with Crippen molar-refractivity contribution in [1.82, 2.24) is 20.6 Å². The summed E-state index contributed by atoms with van der Waals surface area (Å²) < 4.78 is 5.36. The molecule has 1 aromatic heterocycles. The molecule has 8 nitrogen and oxygen atoms in total. The summed E-state index contributed by atoms with van der Waals surface area (Å²) in [6, 6.07) is 0. The monoisotopic (exact) mass is 308 g/mol. The van der Waals surface area contributed by atoms with Crippen molar-refractivity contribution < 1.29 is 19.7 Å². The van der Waals surface area contributed by atoms with E-state index in [1.165, 1.54) is 0 Å². The number of ether oxygens (including phenoxy) is 1. The molecule has 1 amide bonds. The predicted molar refractivity (Wildman–Crippen MR) is 76.1 cm³/mol. The van der Waals surface area contributed by atoms with Gasteiger partial charge in [0.2, 0.25) is 5.82 Å². The highest BCUT2D eigenvalue weighted by Gasteiger charge is 2.31. The minimum absolute atomic E-state index is 0.110. The van der Waals surface area contributed by atoms with Gasteiger partial charge in [-0.15, -0.1) is 0 Å². The first-order valence-electron chi connectivity index (χ1n) is 7.46. The maximum Gasteiger partial charge on any atom is 0.289 e. The lowest BCUT2D eigenvalue weighted by molar-refractivity contribution is -0.132. The van der Waals surface area contributed by atoms with E-state index in [2.05, 4.69) is 20.6 Å². The highest BCUT2D eigenvalue weighted by Crippen LogP contribution is 2.14. The number of aliphatic hydroxyl groups is 2. The van der Waals surface area contributed by atoms with E-state index in [4.69, 9.17) is 4.74 Å². The summed E-state index contributed by atoms with van der Waals surface area (Å²) >= 11 is 0. The third-order valence-electron chi connectivity index (χ3n) is 4.00.